The molecular formula is C23H34N2O4. The third kappa shape index (κ3) is 3.97. The first kappa shape index (κ1) is 20.5. The highest BCUT2D eigenvalue weighted by Gasteiger charge is 2.42. The number of rotatable bonds is 4. The van der Waals surface area contributed by atoms with Gasteiger partial charge in [-0.15, -0.1) is 0 Å². The normalized spacial score (nSPS) is 24.2. The third-order valence-corrected chi connectivity index (χ3v) is 7.11. The summed E-state index contributed by atoms with van der Waals surface area (Å²) < 4.78 is 17.4. The van der Waals surface area contributed by atoms with Crippen LogP contribution in [0.15, 0.2) is 12.1 Å². The van der Waals surface area contributed by atoms with Crippen molar-refractivity contribution in [3.63, 3.8) is 0 Å². The van der Waals surface area contributed by atoms with Crippen molar-refractivity contribution < 1.29 is 19.0 Å². The molecule has 0 aromatic heterocycles. The molecule has 3 aliphatic rings. The fourth-order valence-electron chi connectivity index (χ4n) is 5.25. The van der Waals surface area contributed by atoms with Gasteiger partial charge < -0.3 is 24.0 Å². The Hall–Kier alpha value is -1.79. The summed E-state index contributed by atoms with van der Waals surface area (Å²) in [4.78, 5) is 17.3. The monoisotopic (exact) mass is 402 g/mol. The number of carbonyl (C=O) groups is 1. The van der Waals surface area contributed by atoms with Crippen molar-refractivity contribution >= 4 is 5.91 Å². The molecule has 1 aromatic rings. The van der Waals surface area contributed by atoms with Crippen LogP contribution in [0.3, 0.4) is 0 Å². The molecule has 0 saturated carbocycles. The van der Waals surface area contributed by atoms with E-state index in [4.69, 9.17) is 14.2 Å². The Balaban J connectivity index is 1.46. The van der Waals surface area contributed by atoms with E-state index in [-0.39, 0.29) is 5.60 Å². The maximum Gasteiger partial charge on any atom is 0.224 e. The fourth-order valence-corrected chi connectivity index (χ4v) is 5.25. The average molecular weight is 403 g/mol. The van der Waals surface area contributed by atoms with Gasteiger partial charge >= 0.3 is 0 Å². The van der Waals surface area contributed by atoms with E-state index in [0.29, 0.717) is 25.0 Å². The average Bonchev–Trinajstić information content (AvgIpc) is 2.75. The highest BCUT2D eigenvalue weighted by Crippen LogP contribution is 2.45. The second kappa shape index (κ2) is 8.52. The van der Waals surface area contributed by atoms with Gasteiger partial charge in [-0.1, -0.05) is 6.42 Å². The van der Waals surface area contributed by atoms with Crippen LogP contribution in [-0.4, -0.2) is 69.3 Å². The van der Waals surface area contributed by atoms with Gasteiger partial charge in [0, 0.05) is 25.6 Å². The molecule has 3 heterocycles. The lowest BCUT2D eigenvalue weighted by atomic mass is 9.79. The van der Waals surface area contributed by atoms with Crippen LogP contribution in [0.5, 0.6) is 11.5 Å². The van der Waals surface area contributed by atoms with Crippen LogP contribution in [-0.2, 0) is 21.6 Å². The number of hydrogen-bond acceptors (Lipinski definition) is 5. The van der Waals surface area contributed by atoms with E-state index in [1.165, 1.54) is 24.0 Å². The molecule has 1 amide bonds. The molecule has 0 aliphatic carbocycles. The van der Waals surface area contributed by atoms with Crippen LogP contribution in [0.1, 0.15) is 49.7 Å². The molecule has 6 nitrogen and oxygen atoms in total. The van der Waals surface area contributed by atoms with Gasteiger partial charge in [0.15, 0.2) is 11.5 Å². The fraction of sp³-hybridized carbons (Fsp3) is 0.696. The molecule has 2 saturated heterocycles. The van der Waals surface area contributed by atoms with Crippen LogP contribution >= 0.6 is 0 Å². The highest BCUT2D eigenvalue weighted by atomic mass is 16.5. The molecule has 0 radical (unpaired) electrons. The van der Waals surface area contributed by atoms with Gasteiger partial charge in [-0.2, -0.15) is 0 Å². The van der Waals surface area contributed by atoms with Crippen molar-refractivity contribution in [2.75, 3.05) is 47.5 Å². The van der Waals surface area contributed by atoms with Crippen molar-refractivity contribution in [2.45, 2.75) is 56.6 Å². The highest BCUT2D eigenvalue weighted by molar-refractivity contribution is 5.77. The van der Waals surface area contributed by atoms with Gasteiger partial charge in [0.05, 0.1) is 26.4 Å². The molecule has 2 fully saturated rings. The number of amides is 1. The van der Waals surface area contributed by atoms with Crippen LogP contribution in [0.25, 0.3) is 0 Å². The van der Waals surface area contributed by atoms with E-state index in [0.717, 1.165) is 56.8 Å². The molecule has 160 valence electrons. The van der Waals surface area contributed by atoms with Crippen molar-refractivity contribution in [3.05, 3.63) is 23.3 Å². The number of benzene rings is 1. The second-order valence-corrected chi connectivity index (χ2v) is 8.67. The summed E-state index contributed by atoms with van der Waals surface area (Å²) >= 11 is 0. The van der Waals surface area contributed by atoms with Gasteiger partial charge in [-0.3, -0.25) is 4.79 Å². The Labute approximate surface area is 174 Å². The molecule has 0 N–H and O–H groups in total. The lowest BCUT2D eigenvalue weighted by Gasteiger charge is -2.45. The minimum Gasteiger partial charge on any atom is -0.493 e. The summed E-state index contributed by atoms with van der Waals surface area (Å²) in [5.41, 5.74) is 2.17. The lowest BCUT2D eigenvalue weighted by Crippen LogP contribution is -2.49. The molecular weight excluding hydrogens is 368 g/mol. The molecule has 1 atom stereocenters. The Morgan fingerprint density at radius 2 is 1.86 bits per heavy atom. The van der Waals surface area contributed by atoms with E-state index < -0.39 is 0 Å². The SMILES string of the molecule is COc1cc2c(cc1OC)C1(CCN(C(=O)CC3CCCCN3C)CC1)OCC2. The van der Waals surface area contributed by atoms with Gasteiger partial charge in [0.2, 0.25) is 5.91 Å². The number of nitrogens with zero attached hydrogens (tertiary/aromatic N) is 2. The number of likely N-dealkylation sites (tertiary alicyclic amines) is 2. The summed E-state index contributed by atoms with van der Waals surface area (Å²) in [6.45, 7) is 3.33. The Morgan fingerprint density at radius 3 is 2.55 bits per heavy atom. The summed E-state index contributed by atoms with van der Waals surface area (Å²) in [7, 11) is 5.49. The molecule has 29 heavy (non-hydrogen) atoms. The third-order valence-electron chi connectivity index (χ3n) is 7.11. The van der Waals surface area contributed by atoms with E-state index in [2.05, 4.69) is 24.1 Å². The number of fused-ring (bicyclic) bond motifs is 2. The molecule has 1 spiro atoms. The first-order valence-corrected chi connectivity index (χ1v) is 10.9. The molecule has 3 aliphatic heterocycles. The maximum atomic E-state index is 12.9. The summed E-state index contributed by atoms with van der Waals surface area (Å²) in [5.74, 6) is 1.81. The van der Waals surface area contributed by atoms with Crippen molar-refractivity contribution in [2.24, 2.45) is 0 Å². The minimum atomic E-state index is -0.314. The standard InChI is InChI=1S/C23H34N2O4/c1-24-10-5-4-6-18(24)15-22(26)25-11-8-23(9-12-25)19-16-21(28-3)20(27-2)14-17(19)7-13-29-23/h14,16,18H,4-13,15H2,1-3H3. The number of ether oxygens (including phenoxy) is 3. The number of methoxy groups -OCH3 is 2. The zero-order valence-corrected chi connectivity index (χ0v) is 18.0. The summed E-state index contributed by atoms with van der Waals surface area (Å²) in [5, 5.41) is 0. The zero-order valence-electron chi connectivity index (χ0n) is 18.0. The van der Waals surface area contributed by atoms with Gasteiger partial charge in [-0.05, 0) is 69.0 Å². The quantitative estimate of drug-likeness (QED) is 0.775. The first-order chi connectivity index (χ1) is 14.1. The van der Waals surface area contributed by atoms with Crippen LogP contribution < -0.4 is 9.47 Å². The Bertz CT molecular complexity index is 743. The van der Waals surface area contributed by atoms with Gasteiger partial charge in [0.25, 0.3) is 0 Å². The van der Waals surface area contributed by atoms with Gasteiger partial charge in [0.1, 0.15) is 0 Å². The predicted octanol–water partition coefficient (Wildman–Crippen LogP) is 2.97. The molecule has 1 aromatic carbocycles. The van der Waals surface area contributed by atoms with Crippen LogP contribution in [0.2, 0.25) is 0 Å². The lowest BCUT2D eigenvalue weighted by molar-refractivity contribution is -0.142. The van der Waals surface area contributed by atoms with E-state index in [1.807, 2.05) is 4.90 Å². The molecule has 6 heteroatoms. The van der Waals surface area contributed by atoms with E-state index >= 15 is 0 Å². The number of piperidine rings is 2. The van der Waals surface area contributed by atoms with E-state index in [9.17, 15) is 4.79 Å². The largest absolute Gasteiger partial charge is 0.493 e. The van der Waals surface area contributed by atoms with E-state index in [1.54, 1.807) is 14.2 Å². The predicted molar refractivity (Wildman–Crippen MR) is 112 cm³/mol. The van der Waals surface area contributed by atoms with Crippen molar-refractivity contribution in [1.29, 1.82) is 0 Å². The molecule has 4 rings (SSSR count). The maximum absolute atomic E-state index is 12.9. The Kier molecular flexibility index (Phi) is 6.02. The van der Waals surface area contributed by atoms with Crippen molar-refractivity contribution in [3.8, 4) is 11.5 Å². The molecule has 0 bridgehead atoms. The summed E-state index contributed by atoms with van der Waals surface area (Å²) in [6, 6.07) is 4.58. The second-order valence-electron chi connectivity index (χ2n) is 8.67. The molecule has 1 unspecified atom stereocenters. The van der Waals surface area contributed by atoms with Gasteiger partial charge in [-0.25, -0.2) is 0 Å². The Morgan fingerprint density at radius 1 is 1.14 bits per heavy atom. The zero-order chi connectivity index (χ0) is 20.4. The number of hydrogen-bond donors (Lipinski definition) is 0. The minimum absolute atomic E-state index is 0.293. The van der Waals surface area contributed by atoms with Crippen LogP contribution in [0.4, 0.5) is 0 Å². The smallest absolute Gasteiger partial charge is 0.224 e. The van der Waals surface area contributed by atoms with Crippen molar-refractivity contribution in [1.82, 2.24) is 9.80 Å². The summed E-state index contributed by atoms with van der Waals surface area (Å²) in [6.07, 6.45) is 6.82. The number of carbonyl (C=O) groups excluding carboxylic acids is 1. The van der Waals surface area contributed by atoms with Crippen LogP contribution in [0, 0.1) is 0 Å². The first-order valence-electron chi connectivity index (χ1n) is 10.9. The topological polar surface area (TPSA) is 51.2 Å².